The number of carbonyl (C=O) groups excluding carboxylic acids is 1. The Morgan fingerprint density at radius 2 is 2.12 bits per heavy atom. The normalized spacial score (nSPS) is 14.6. The molecule has 0 radical (unpaired) electrons. The molecule has 0 bridgehead atoms. The summed E-state index contributed by atoms with van der Waals surface area (Å²) in [7, 11) is 0. The number of carbonyl (C=O) groups is 1. The van der Waals surface area contributed by atoms with Crippen molar-refractivity contribution in [3.8, 4) is 0 Å². The van der Waals surface area contributed by atoms with Crippen LogP contribution < -0.4 is 5.73 Å². The molecule has 0 aromatic heterocycles. The van der Waals surface area contributed by atoms with Crippen molar-refractivity contribution in [3.05, 3.63) is 34.6 Å². The van der Waals surface area contributed by atoms with Crippen LogP contribution in [0, 0.1) is 11.7 Å². The third-order valence-electron chi connectivity index (χ3n) is 2.66. The summed E-state index contributed by atoms with van der Waals surface area (Å²) >= 11 is 5.55. The van der Waals surface area contributed by atoms with Gasteiger partial charge in [0.25, 0.3) is 0 Å². The SMILES string of the molecule is CC(N)C(C)C(=O)Cc1ccc(Cl)c(F)c1. The van der Waals surface area contributed by atoms with E-state index in [1.807, 2.05) is 0 Å². The minimum absolute atomic E-state index is 0.0109. The molecule has 0 spiro atoms. The first-order chi connectivity index (χ1) is 7.41. The topological polar surface area (TPSA) is 43.1 Å². The predicted molar refractivity (Wildman–Crippen MR) is 62.9 cm³/mol. The maximum atomic E-state index is 13.1. The van der Waals surface area contributed by atoms with Crippen molar-refractivity contribution in [1.29, 1.82) is 0 Å². The van der Waals surface area contributed by atoms with E-state index < -0.39 is 5.82 Å². The number of ketones is 1. The van der Waals surface area contributed by atoms with Gasteiger partial charge in [-0.15, -0.1) is 0 Å². The van der Waals surface area contributed by atoms with E-state index in [9.17, 15) is 9.18 Å². The molecule has 2 nitrogen and oxygen atoms in total. The van der Waals surface area contributed by atoms with E-state index in [0.717, 1.165) is 0 Å². The van der Waals surface area contributed by atoms with Gasteiger partial charge in [0, 0.05) is 18.4 Å². The van der Waals surface area contributed by atoms with Crippen molar-refractivity contribution in [3.63, 3.8) is 0 Å². The first kappa shape index (κ1) is 13.1. The van der Waals surface area contributed by atoms with Gasteiger partial charge in [0.05, 0.1) is 5.02 Å². The Morgan fingerprint density at radius 3 is 2.62 bits per heavy atom. The Balaban J connectivity index is 2.74. The molecular weight excluding hydrogens is 229 g/mol. The molecule has 1 rings (SSSR count). The lowest BCUT2D eigenvalue weighted by molar-refractivity contribution is -0.122. The third-order valence-corrected chi connectivity index (χ3v) is 2.97. The smallest absolute Gasteiger partial charge is 0.142 e. The summed E-state index contributed by atoms with van der Waals surface area (Å²) in [6.45, 7) is 3.56. The number of Topliss-reactive ketones (excluding diaryl/α,β-unsaturated/α-hetero) is 1. The summed E-state index contributed by atoms with van der Waals surface area (Å²) in [5.74, 6) is -0.712. The van der Waals surface area contributed by atoms with E-state index in [2.05, 4.69) is 0 Å². The molecule has 0 aliphatic rings. The lowest BCUT2D eigenvalue weighted by Gasteiger charge is -2.14. The van der Waals surface area contributed by atoms with Crippen LogP contribution in [-0.2, 0) is 11.2 Å². The monoisotopic (exact) mass is 243 g/mol. The van der Waals surface area contributed by atoms with Gasteiger partial charge in [0.2, 0.25) is 0 Å². The Bertz CT molecular complexity index is 393. The van der Waals surface area contributed by atoms with Crippen molar-refractivity contribution in [2.45, 2.75) is 26.3 Å². The fourth-order valence-electron chi connectivity index (χ4n) is 1.30. The maximum Gasteiger partial charge on any atom is 0.142 e. The fourth-order valence-corrected chi connectivity index (χ4v) is 1.42. The first-order valence-electron chi connectivity index (χ1n) is 5.14. The highest BCUT2D eigenvalue weighted by molar-refractivity contribution is 6.30. The molecule has 0 aliphatic carbocycles. The number of benzene rings is 1. The van der Waals surface area contributed by atoms with Gasteiger partial charge in [-0.05, 0) is 24.6 Å². The fraction of sp³-hybridized carbons (Fsp3) is 0.417. The van der Waals surface area contributed by atoms with Crippen LogP contribution in [0.5, 0.6) is 0 Å². The van der Waals surface area contributed by atoms with E-state index in [4.69, 9.17) is 17.3 Å². The third kappa shape index (κ3) is 3.29. The van der Waals surface area contributed by atoms with Crippen LogP contribution in [0.3, 0.4) is 0 Å². The summed E-state index contributed by atoms with van der Waals surface area (Å²) in [4.78, 5) is 11.7. The molecule has 2 unspecified atom stereocenters. The molecule has 0 saturated carbocycles. The molecule has 4 heteroatoms. The summed E-state index contributed by atoms with van der Waals surface area (Å²) < 4.78 is 13.1. The Morgan fingerprint density at radius 1 is 1.50 bits per heavy atom. The molecule has 2 atom stereocenters. The summed E-state index contributed by atoms with van der Waals surface area (Å²) in [6.07, 6.45) is 0.191. The second kappa shape index (κ2) is 5.41. The molecule has 88 valence electrons. The molecule has 0 amide bonds. The van der Waals surface area contributed by atoms with Crippen molar-refractivity contribution in [2.75, 3.05) is 0 Å². The van der Waals surface area contributed by atoms with Crippen molar-refractivity contribution >= 4 is 17.4 Å². The summed E-state index contributed by atoms with van der Waals surface area (Å²) in [5.41, 5.74) is 6.25. The molecule has 0 heterocycles. The van der Waals surface area contributed by atoms with Crippen LogP contribution in [0.4, 0.5) is 4.39 Å². The number of hydrogen-bond donors (Lipinski definition) is 1. The van der Waals surface area contributed by atoms with Gasteiger partial charge >= 0.3 is 0 Å². The van der Waals surface area contributed by atoms with Gasteiger partial charge in [-0.2, -0.15) is 0 Å². The van der Waals surface area contributed by atoms with E-state index in [1.165, 1.54) is 12.1 Å². The van der Waals surface area contributed by atoms with E-state index in [0.29, 0.717) is 5.56 Å². The largest absolute Gasteiger partial charge is 0.327 e. The molecule has 16 heavy (non-hydrogen) atoms. The van der Waals surface area contributed by atoms with Gasteiger partial charge in [0.15, 0.2) is 0 Å². The van der Waals surface area contributed by atoms with Gasteiger partial charge in [-0.1, -0.05) is 24.6 Å². The van der Waals surface area contributed by atoms with Gasteiger partial charge in [0.1, 0.15) is 11.6 Å². The van der Waals surface area contributed by atoms with E-state index in [-0.39, 0.29) is 29.2 Å². The minimum atomic E-state index is -0.500. The average molecular weight is 244 g/mol. The molecule has 2 N–H and O–H groups in total. The van der Waals surface area contributed by atoms with Crippen LogP contribution >= 0.6 is 11.6 Å². The summed E-state index contributed by atoms with van der Waals surface area (Å²) in [6, 6.07) is 4.20. The van der Waals surface area contributed by atoms with E-state index in [1.54, 1.807) is 19.9 Å². The lowest BCUT2D eigenvalue weighted by atomic mass is 9.94. The molecule has 0 aliphatic heterocycles. The van der Waals surface area contributed by atoms with Crippen LogP contribution in [0.15, 0.2) is 18.2 Å². The highest BCUT2D eigenvalue weighted by Crippen LogP contribution is 2.17. The highest BCUT2D eigenvalue weighted by Gasteiger charge is 2.17. The average Bonchev–Trinajstić information content (AvgIpc) is 2.22. The first-order valence-corrected chi connectivity index (χ1v) is 5.52. The van der Waals surface area contributed by atoms with Crippen molar-refractivity contribution in [2.24, 2.45) is 11.7 Å². The zero-order valence-corrected chi connectivity index (χ0v) is 10.1. The number of hydrogen-bond acceptors (Lipinski definition) is 2. The van der Waals surface area contributed by atoms with Gasteiger partial charge < -0.3 is 5.73 Å². The molecule has 0 saturated heterocycles. The summed E-state index contributed by atoms with van der Waals surface area (Å²) in [5, 5.41) is 0.0661. The predicted octanol–water partition coefficient (Wildman–Crippen LogP) is 2.57. The molecule has 1 aromatic carbocycles. The van der Waals surface area contributed by atoms with E-state index >= 15 is 0 Å². The van der Waals surface area contributed by atoms with Crippen LogP contribution in [0.25, 0.3) is 0 Å². The van der Waals surface area contributed by atoms with Crippen LogP contribution in [-0.4, -0.2) is 11.8 Å². The second-order valence-electron chi connectivity index (χ2n) is 4.04. The molecular formula is C12H15ClFNO. The van der Waals surface area contributed by atoms with Crippen LogP contribution in [0.2, 0.25) is 5.02 Å². The van der Waals surface area contributed by atoms with Gasteiger partial charge in [-0.3, -0.25) is 4.79 Å². The Labute approximate surface area is 99.6 Å². The quantitative estimate of drug-likeness (QED) is 0.883. The number of halogens is 2. The zero-order valence-electron chi connectivity index (χ0n) is 9.34. The Kier molecular flexibility index (Phi) is 4.44. The second-order valence-corrected chi connectivity index (χ2v) is 4.45. The van der Waals surface area contributed by atoms with Crippen molar-refractivity contribution < 1.29 is 9.18 Å². The molecule has 1 aromatic rings. The van der Waals surface area contributed by atoms with Gasteiger partial charge in [-0.25, -0.2) is 4.39 Å². The van der Waals surface area contributed by atoms with Crippen LogP contribution in [0.1, 0.15) is 19.4 Å². The molecule has 0 fully saturated rings. The lowest BCUT2D eigenvalue weighted by Crippen LogP contribution is -2.31. The minimum Gasteiger partial charge on any atom is -0.327 e. The number of nitrogens with two attached hydrogens (primary N) is 1. The zero-order chi connectivity index (χ0) is 12.3. The highest BCUT2D eigenvalue weighted by atomic mass is 35.5. The maximum absolute atomic E-state index is 13.1. The van der Waals surface area contributed by atoms with Crippen molar-refractivity contribution in [1.82, 2.24) is 0 Å². The Hall–Kier alpha value is -0.930. The number of rotatable bonds is 4. The standard InChI is InChI=1S/C12H15ClFNO/c1-7(8(2)15)12(16)6-9-3-4-10(13)11(14)5-9/h3-5,7-8H,6,15H2,1-2H3.